The summed E-state index contributed by atoms with van der Waals surface area (Å²) in [6.07, 6.45) is 2.10. The maximum absolute atomic E-state index is 5.60. The van der Waals surface area contributed by atoms with E-state index >= 15 is 0 Å². The first-order valence-corrected chi connectivity index (χ1v) is 6.63. The summed E-state index contributed by atoms with van der Waals surface area (Å²) in [5.74, 6) is 1.22. The summed E-state index contributed by atoms with van der Waals surface area (Å²) < 4.78 is 1.70. The lowest BCUT2D eigenvalue weighted by Crippen LogP contribution is -2.19. The number of hydrogen-bond acceptors (Lipinski definition) is 5. The molecule has 2 rings (SSSR count). The van der Waals surface area contributed by atoms with Gasteiger partial charge in [-0.3, -0.25) is 0 Å². The zero-order chi connectivity index (χ0) is 13.5. The Labute approximate surface area is 113 Å². The Kier molecular flexibility index (Phi) is 4.85. The van der Waals surface area contributed by atoms with Crippen LogP contribution in [0.25, 0.3) is 5.69 Å². The van der Waals surface area contributed by atoms with E-state index in [4.69, 9.17) is 5.73 Å². The molecule has 0 spiro atoms. The summed E-state index contributed by atoms with van der Waals surface area (Å²) in [5, 5.41) is 15.0. The third-order valence-corrected chi connectivity index (χ3v) is 3.17. The average molecular weight is 260 g/mol. The van der Waals surface area contributed by atoms with Crippen LogP contribution in [-0.4, -0.2) is 33.3 Å². The molecule has 0 saturated carbocycles. The van der Waals surface area contributed by atoms with E-state index in [1.54, 1.807) is 4.68 Å². The number of nitrogens with one attached hydrogen (secondary N) is 1. The zero-order valence-electron chi connectivity index (χ0n) is 11.2. The van der Waals surface area contributed by atoms with E-state index in [1.807, 2.05) is 30.3 Å². The highest BCUT2D eigenvalue weighted by molar-refractivity contribution is 5.38. The Hall–Kier alpha value is -1.95. The maximum atomic E-state index is 5.60. The topological polar surface area (TPSA) is 81.7 Å². The summed E-state index contributed by atoms with van der Waals surface area (Å²) in [4.78, 5) is 0. The second-order valence-electron chi connectivity index (χ2n) is 4.48. The van der Waals surface area contributed by atoms with Crippen molar-refractivity contribution in [2.45, 2.75) is 19.8 Å². The lowest BCUT2D eigenvalue weighted by molar-refractivity contribution is 0.499. The van der Waals surface area contributed by atoms with Crippen molar-refractivity contribution in [1.82, 2.24) is 20.2 Å². The van der Waals surface area contributed by atoms with Crippen LogP contribution in [-0.2, 0) is 0 Å². The number of nitrogens with zero attached hydrogens (tertiary/aromatic N) is 4. The van der Waals surface area contributed by atoms with E-state index in [9.17, 15) is 0 Å². The molecule has 1 aromatic heterocycles. The van der Waals surface area contributed by atoms with Gasteiger partial charge in [0.2, 0.25) is 5.95 Å². The lowest BCUT2D eigenvalue weighted by atomic mass is 10.0. The van der Waals surface area contributed by atoms with E-state index < -0.39 is 0 Å². The first-order valence-electron chi connectivity index (χ1n) is 6.63. The second-order valence-corrected chi connectivity index (χ2v) is 4.48. The molecule has 102 valence electrons. The Morgan fingerprint density at radius 2 is 2.11 bits per heavy atom. The molecule has 6 heteroatoms. The van der Waals surface area contributed by atoms with Crippen molar-refractivity contribution in [1.29, 1.82) is 0 Å². The fourth-order valence-corrected chi connectivity index (χ4v) is 1.96. The molecule has 1 atom stereocenters. The summed E-state index contributed by atoms with van der Waals surface area (Å²) in [6, 6.07) is 9.83. The van der Waals surface area contributed by atoms with Gasteiger partial charge in [-0.05, 0) is 41.4 Å². The van der Waals surface area contributed by atoms with Gasteiger partial charge in [0.1, 0.15) is 0 Å². The van der Waals surface area contributed by atoms with Crippen LogP contribution in [0.5, 0.6) is 0 Å². The van der Waals surface area contributed by atoms with Crippen molar-refractivity contribution in [3.63, 3.8) is 0 Å². The molecule has 0 saturated heterocycles. The van der Waals surface area contributed by atoms with Crippen LogP contribution in [0.4, 0.5) is 5.95 Å². The number of rotatable bonds is 7. The van der Waals surface area contributed by atoms with Gasteiger partial charge >= 0.3 is 0 Å². The van der Waals surface area contributed by atoms with E-state index in [0.29, 0.717) is 18.4 Å². The van der Waals surface area contributed by atoms with Crippen molar-refractivity contribution >= 4 is 5.95 Å². The summed E-state index contributed by atoms with van der Waals surface area (Å²) in [5.41, 5.74) is 6.55. The minimum absolute atomic E-state index is 0.547. The molecule has 0 bridgehead atoms. The number of anilines is 1. The van der Waals surface area contributed by atoms with Gasteiger partial charge in [0, 0.05) is 6.54 Å². The standard InChI is InChI=1S/C13H20N6/c1-2-11(8-9-14)10-15-13-16-17-18-19(13)12-6-4-3-5-7-12/h3-7,11H,2,8-10,14H2,1H3,(H,15,16,18). The first kappa shape index (κ1) is 13.5. The van der Waals surface area contributed by atoms with E-state index in [2.05, 4.69) is 27.8 Å². The van der Waals surface area contributed by atoms with Crippen molar-refractivity contribution in [3.05, 3.63) is 30.3 Å². The lowest BCUT2D eigenvalue weighted by Gasteiger charge is -2.14. The summed E-state index contributed by atoms with van der Waals surface area (Å²) >= 11 is 0. The smallest absolute Gasteiger partial charge is 0.247 e. The number of hydrogen-bond donors (Lipinski definition) is 2. The molecule has 1 unspecified atom stereocenters. The molecule has 0 amide bonds. The fourth-order valence-electron chi connectivity index (χ4n) is 1.96. The molecule has 1 heterocycles. The largest absolute Gasteiger partial charge is 0.352 e. The van der Waals surface area contributed by atoms with Crippen LogP contribution < -0.4 is 11.1 Å². The van der Waals surface area contributed by atoms with Crippen LogP contribution in [0.3, 0.4) is 0 Å². The molecule has 0 fully saturated rings. The van der Waals surface area contributed by atoms with Crippen molar-refractivity contribution < 1.29 is 0 Å². The molecule has 0 aliphatic rings. The molecule has 2 aromatic rings. The average Bonchev–Trinajstić information content (AvgIpc) is 2.93. The highest BCUT2D eigenvalue weighted by atomic mass is 15.6. The SMILES string of the molecule is CCC(CCN)CNc1nnnn1-c1ccccc1. The molecular weight excluding hydrogens is 240 g/mol. The fraction of sp³-hybridized carbons (Fsp3) is 0.462. The number of nitrogens with two attached hydrogens (primary N) is 1. The van der Waals surface area contributed by atoms with E-state index in [1.165, 1.54) is 0 Å². The Morgan fingerprint density at radius 1 is 1.32 bits per heavy atom. The predicted octanol–water partition coefficient (Wildman–Crippen LogP) is 1.45. The third kappa shape index (κ3) is 3.51. The van der Waals surface area contributed by atoms with Crippen LogP contribution in [0.2, 0.25) is 0 Å². The Bertz CT molecular complexity index is 481. The van der Waals surface area contributed by atoms with Crippen LogP contribution in [0.15, 0.2) is 30.3 Å². The molecule has 0 aliphatic carbocycles. The van der Waals surface area contributed by atoms with Gasteiger partial charge in [-0.25, -0.2) is 0 Å². The molecule has 0 radical (unpaired) electrons. The third-order valence-electron chi connectivity index (χ3n) is 3.17. The quantitative estimate of drug-likeness (QED) is 0.787. The zero-order valence-corrected chi connectivity index (χ0v) is 11.2. The summed E-state index contributed by atoms with van der Waals surface area (Å²) in [6.45, 7) is 3.72. The molecule has 6 nitrogen and oxygen atoms in total. The van der Waals surface area contributed by atoms with Crippen LogP contribution in [0.1, 0.15) is 19.8 Å². The van der Waals surface area contributed by atoms with E-state index in [-0.39, 0.29) is 0 Å². The molecule has 19 heavy (non-hydrogen) atoms. The minimum atomic E-state index is 0.547. The molecule has 0 aliphatic heterocycles. The first-order chi connectivity index (χ1) is 9.35. The van der Waals surface area contributed by atoms with Gasteiger partial charge in [0.15, 0.2) is 0 Å². The van der Waals surface area contributed by atoms with Crippen LogP contribution >= 0.6 is 0 Å². The highest BCUT2D eigenvalue weighted by Gasteiger charge is 2.10. The maximum Gasteiger partial charge on any atom is 0.247 e. The van der Waals surface area contributed by atoms with Gasteiger partial charge in [0.25, 0.3) is 0 Å². The molecule has 3 N–H and O–H groups in total. The number of tetrazole rings is 1. The van der Waals surface area contributed by atoms with Crippen molar-refractivity contribution in [2.24, 2.45) is 11.7 Å². The van der Waals surface area contributed by atoms with Crippen molar-refractivity contribution in [3.8, 4) is 5.69 Å². The van der Waals surface area contributed by atoms with Gasteiger partial charge < -0.3 is 11.1 Å². The summed E-state index contributed by atoms with van der Waals surface area (Å²) in [7, 11) is 0. The van der Waals surface area contributed by atoms with Gasteiger partial charge in [-0.15, -0.1) is 0 Å². The van der Waals surface area contributed by atoms with Gasteiger partial charge in [0.05, 0.1) is 5.69 Å². The molecular formula is C13H20N6. The number of aromatic nitrogens is 4. The van der Waals surface area contributed by atoms with Crippen LogP contribution in [0, 0.1) is 5.92 Å². The number of benzene rings is 1. The van der Waals surface area contributed by atoms with Gasteiger partial charge in [-0.1, -0.05) is 36.6 Å². The monoisotopic (exact) mass is 260 g/mol. The normalized spacial score (nSPS) is 12.3. The highest BCUT2D eigenvalue weighted by Crippen LogP contribution is 2.13. The van der Waals surface area contributed by atoms with Crippen molar-refractivity contribution in [2.75, 3.05) is 18.4 Å². The molecule has 1 aromatic carbocycles. The number of para-hydroxylation sites is 1. The predicted molar refractivity (Wildman–Crippen MR) is 75.1 cm³/mol. The second kappa shape index (κ2) is 6.84. The Morgan fingerprint density at radius 3 is 2.79 bits per heavy atom. The van der Waals surface area contributed by atoms with Gasteiger partial charge in [-0.2, -0.15) is 4.68 Å². The minimum Gasteiger partial charge on any atom is -0.352 e. The Balaban J connectivity index is 2.04. The van der Waals surface area contributed by atoms with E-state index in [0.717, 1.165) is 25.1 Å².